The molecule has 0 bridgehead atoms. The zero-order valence-electron chi connectivity index (χ0n) is 9.16. The summed E-state index contributed by atoms with van der Waals surface area (Å²) in [6.07, 6.45) is 2.40. The number of hydrogen-bond acceptors (Lipinski definition) is 4. The standard InChI is InChI=1S/C11H10BrCl2N3S/c12-6-1-2-7(16-5-6)3-9(17-15)8-4-10(13)18-11(8)14/h1-2,4-5,9,17H,3,15H2. The van der Waals surface area contributed by atoms with E-state index < -0.39 is 0 Å². The van der Waals surface area contributed by atoms with Crippen molar-refractivity contribution in [3.63, 3.8) is 0 Å². The molecular formula is C11H10BrCl2N3S. The third kappa shape index (κ3) is 3.44. The molecule has 0 spiro atoms. The van der Waals surface area contributed by atoms with Gasteiger partial charge in [-0.2, -0.15) is 0 Å². The van der Waals surface area contributed by atoms with E-state index in [-0.39, 0.29) is 6.04 Å². The number of hydrogen-bond donors (Lipinski definition) is 2. The van der Waals surface area contributed by atoms with Gasteiger partial charge in [0, 0.05) is 28.3 Å². The maximum absolute atomic E-state index is 6.12. The van der Waals surface area contributed by atoms with Crippen LogP contribution in [0.5, 0.6) is 0 Å². The number of nitrogens with two attached hydrogens (primary N) is 1. The Labute approximate surface area is 127 Å². The normalized spacial score (nSPS) is 12.7. The van der Waals surface area contributed by atoms with Crippen molar-refractivity contribution in [2.45, 2.75) is 12.5 Å². The molecular weight excluding hydrogens is 357 g/mol. The summed E-state index contributed by atoms with van der Waals surface area (Å²) in [5.41, 5.74) is 4.58. The van der Waals surface area contributed by atoms with Crippen LogP contribution in [0, 0.1) is 0 Å². The first-order valence-corrected chi connectivity index (χ1v) is 7.48. The van der Waals surface area contributed by atoms with Crippen molar-refractivity contribution in [3.05, 3.63) is 48.8 Å². The van der Waals surface area contributed by atoms with Gasteiger partial charge in [-0.25, -0.2) is 0 Å². The topological polar surface area (TPSA) is 50.9 Å². The fourth-order valence-corrected chi connectivity index (χ4v) is 3.40. The highest BCUT2D eigenvalue weighted by Crippen LogP contribution is 2.35. The summed E-state index contributed by atoms with van der Waals surface area (Å²) in [4.78, 5) is 4.31. The van der Waals surface area contributed by atoms with E-state index in [1.807, 2.05) is 18.2 Å². The fraction of sp³-hybridized carbons (Fsp3) is 0.182. The largest absolute Gasteiger partial charge is 0.271 e. The molecule has 3 nitrogen and oxygen atoms in total. The number of nitrogens with zero attached hydrogens (tertiary/aromatic N) is 1. The lowest BCUT2D eigenvalue weighted by molar-refractivity contribution is 0.547. The van der Waals surface area contributed by atoms with E-state index in [1.54, 1.807) is 6.20 Å². The van der Waals surface area contributed by atoms with E-state index in [4.69, 9.17) is 29.0 Å². The van der Waals surface area contributed by atoms with Crippen LogP contribution >= 0.6 is 50.5 Å². The van der Waals surface area contributed by atoms with Crippen molar-refractivity contribution in [2.75, 3.05) is 0 Å². The van der Waals surface area contributed by atoms with Crippen molar-refractivity contribution in [3.8, 4) is 0 Å². The van der Waals surface area contributed by atoms with Crippen molar-refractivity contribution >= 4 is 50.5 Å². The molecule has 0 amide bonds. The van der Waals surface area contributed by atoms with Gasteiger partial charge < -0.3 is 0 Å². The lowest BCUT2D eigenvalue weighted by atomic mass is 10.1. The first-order valence-electron chi connectivity index (χ1n) is 5.11. The first-order chi connectivity index (χ1) is 8.60. The second-order valence-electron chi connectivity index (χ2n) is 3.67. The van der Waals surface area contributed by atoms with E-state index >= 15 is 0 Å². The highest BCUT2D eigenvalue weighted by Gasteiger charge is 2.17. The molecule has 0 saturated carbocycles. The Kier molecular flexibility index (Phi) is 5.00. The van der Waals surface area contributed by atoms with E-state index in [9.17, 15) is 0 Å². The lowest BCUT2D eigenvalue weighted by Crippen LogP contribution is -2.29. The van der Waals surface area contributed by atoms with E-state index in [1.165, 1.54) is 11.3 Å². The number of halogens is 3. The second-order valence-corrected chi connectivity index (χ2v) is 6.87. The van der Waals surface area contributed by atoms with Gasteiger partial charge in [-0.15, -0.1) is 11.3 Å². The molecule has 96 valence electrons. The maximum Gasteiger partial charge on any atom is 0.0992 e. The van der Waals surface area contributed by atoms with Crippen LogP contribution in [0.25, 0.3) is 0 Å². The third-order valence-corrected chi connectivity index (χ3v) is 4.45. The first kappa shape index (κ1) is 14.2. The Morgan fingerprint density at radius 1 is 1.44 bits per heavy atom. The molecule has 0 radical (unpaired) electrons. The highest BCUT2D eigenvalue weighted by molar-refractivity contribution is 9.10. The van der Waals surface area contributed by atoms with E-state index in [2.05, 4.69) is 26.3 Å². The molecule has 2 aromatic rings. The molecule has 0 aliphatic rings. The monoisotopic (exact) mass is 365 g/mol. The molecule has 0 fully saturated rings. The number of thiophene rings is 1. The second kappa shape index (κ2) is 6.32. The smallest absolute Gasteiger partial charge is 0.0992 e. The molecule has 3 N–H and O–H groups in total. The van der Waals surface area contributed by atoms with Crippen molar-refractivity contribution in [2.24, 2.45) is 5.84 Å². The Balaban J connectivity index is 2.19. The molecule has 1 atom stereocenters. The summed E-state index contributed by atoms with van der Waals surface area (Å²) in [6.45, 7) is 0. The summed E-state index contributed by atoms with van der Waals surface area (Å²) < 4.78 is 2.25. The van der Waals surface area contributed by atoms with Crippen LogP contribution in [0.15, 0.2) is 28.9 Å². The quantitative estimate of drug-likeness (QED) is 0.636. The number of aromatic nitrogens is 1. The fourth-order valence-electron chi connectivity index (χ4n) is 1.59. The van der Waals surface area contributed by atoms with Crippen LogP contribution in [0.4, 0.5) is 0 Å². The molecule has 18 heavy (non-hydrogen) atoms. The van der Waals surface area contributed by atoms with Crippen LogP contribution in [0.3, 0.4) is 0 Å². The SMILES string of the molecule is NNC(Cc1ccc(Br)cn1)c1cc(Cl)sc1Cl. The molecule has 0 aliphatic carbocycles. The molecule has 2 aromatic heterocycles. The van der Waals surface area contributed by atoms with Crippen LogP contribution in [-0.2, 0) is 6.42 Å². The van der Waals surface area contributed by atoms with E-state index in [0.29, 0.717) is 15.1 Å². The Morgan fingerprint density at radius 2 is 2.22 bits per heavy atom. The Morgan fingerprint density at radius 3 is 2.72 bits per heavy atom. The molecule has 0 saturated heterocycles. The number of nitrogens with one attached hydrogen (secondary N) is 1. The van der Waals surface area contributed by atoms with Crippen LogP contribution in [0.2, 0.25) is 8.67 Å². The molecule has 0 aromatic carbocycles. The summed E-state index contributed by atoms with van der Waals surface area (Å²) in [6, 6.07) is 5.61. The highest BCUT2D eigenvalue weighted by atomic mass is 79.9. The minimum Gasteiger partial charge on any atom is -0.271 e. The molecule has 0 aliphatic heterocycles. The van der Waals surface area contributed by atoms with Gasteiger partial charge in [-0.05, 0) is 34.1 Å². The average Bonchev–Trinajstić information content (AvgIpc) is 2.68. The minimum absolute atomic E-state index is 0.102. The van der Waals surface area contributed by atoms with Crippen LogP contribution in [0.1, 0.15) is 17.3 Å². The van der Waals surface area contributed by atoms with Crippen molar-refractivity contribution in [1.29, 1.82) is 0 Å². The van der Waals surface area contributed by atoms with Gasteiger partial charge in [0.05, 0.1) is 14.7 Å². The number of rotatable bonds is 4. The van der Waals surface area contributed by atoms with Crippen molar-refractivity contribution in [1.82, 2.24) is 10.4 Å². The molecule has 2 rings (SSSR count). The van der Waals surface area contributed by atoms with Gasteiger partial charge in [-0.1, -0.05) is 23.2 Å². The van der Waals surface area contributed by atoms with Gasteiger partial charge in [0.15, 0.2) is 0 Å². The van der Waals surface area contributed by atoms with Crippen LogP contribution in [-0.4, -0.2) is 4.98 Å². The zero-order valence-corrected chi connectivity index (χ0v) is 13.1. The van der Waals surface area contributed by atoms with E-state index in [0.717, 1.165) is 15.7 Å². The van der Waals surface area contributed by atoms with Gasteiger partial charge in [-0.3, -0.25) is 16.3 Å². The van der Waals surface area contributed by atoms with Gasteiger partial charge in [0.1, 0.15) is 0 Å². The Hall–Kier alpha value is -0.170. The maximum atomic E-state index is 6.12. The minimum atomic E-state index is -0.102. The predicted octanol–water partition coefficient (Wildman–Crippen LogP) is 3.96. The summed E-state index contributed by atoms with van der Waals surface area (Å²) >= 11 is 16.7. The Bertz CT molecular complexity index is 530. The number of pyridine rings is 1. The average molecular weight is 367 g/mol. The molecule has 2 heterocycles. The summed E-state index contributed by atoms with van der Waals surface area (Å²) in [5.74, 6) is 5.58. The van der Waals surface area contributed by atoms with Gasteiger partial charge in [0.25, 0.3) is 0 Å². The lowest BCUT2D eigenvalue weighted by Gasteiger charge is -2.14. The van der Waals surface area contributed by atoms with Gasteiger partial charge >= 0.3 is 0 Å². The summed E-state index contributed by atoms with van der Waals surface area (Å²) in [7, 11) is 0. The zero-order chi connectivity index (χ0) is 13.1. The number of hydrazine groups is 1. The summed E-state index contributed by atoms with van der Waals surface area (Å²) in [5, 5.41) is 0. The van der Waals surface area contributed by atoms with Gasteiger partial charge in [0.2, 0.25) is 0 Å². The third-order valence-electron chi connectivity index (χ3n) is 2.46. The predicted molar refractivity (Wildman–Crippen MR) is 80.0 cm³/mol. The van der Waals surface area contributed by atoms with Crippen LogP contribution < -0.4 is 11.3 Å². The van der Waals surface area contributed by atoms with Crippen molar-refractivity contribution < 1.29 is 0 Å². The molecule has 1 unspecified atom stereocenters. The molecule has 7 heteroatoms.